The number of hydrogen-bond donors (Lipinski definition) is 1. The molecular formula is C21H22N4O. The Labute approximate surface area is 153 Å². The van der Waals surface area contributed by atoms with Crippen LogP contribution < -0.4 is 15.0 Å². The number of rotatable bonds is 4. The van der Waals surface area contributed by atoms with E-state index in [0.717, 1.165) is 48.4 Å². The van der Waals surface area contributed by atoms with Crippen molar-refractivity contribution >= 4 is 17.5 Å². The Morgan fingerprint density at radius 3 is 2.54 bits per heavy atom. The quantitative estimate of drug-likeness (QED) is 0.771. The van der Waals surface area contributed by atoms with Gasteiger partial charge >= 0.3 is 0 Å². The Kier molecular flexibility index (Phi) is 4.44. The molecule has 0 amide bonds. The second-order valence-corrected chi connectivity index (χ2v) is 6.49. The summed E-state index contributed by atoms with van der Waals surface area (Å²) in [4.78, 5) is 11.6. The van der Waals surface area contributed by atoms with E-state index in [9.17, 15) is 0 Å². The van der Waals surface area contributed by atoms with Crippen LogP contribution in [0.1, 0.15) is 16.8 Å². The van der Waals surface area contributed by atoms with Crippen LogP contribution in [0.4, 0.5) is 17.5 Å². The second kappa shape index (κ2) is 7.04. The number of nitrogens with one attached hydrogen (secondary N) is 1. The topological polar surface area (TPSA) is 50.3 Å². The van der Waals surface area contributed by atoms with E-state index < -0.39 is 0 Å². The fraction of sp³-hybridized carbons (Fsp3) is 0.238. The van der Waals surface area contributed by atoms with Gasteiger partial charge in [0.1, 0.15) is 11.6 Å². The number of aryl methyl sites for hydroxylation is 1. The van der Waals surface area contributed by atoms with Crippen LogP contribution in [0, 0.1) is 6.92 Å². The monoisotopic (exact) mass is 346 g/mol. The van der Waals surface area contributed by atoms with Gasteiger partial charge in [-0.25, -0.2) is 4.98 Å². The van der Waals surface area contributed by atoms with Gasteiger partial charge < -0.3 is 15.0 Å². The van der Waals surface area contributed by atoms with Crippen LogP contribution in [0.3, 0.4) is 0 Å². The van der Waals surface area contributed by atoms with Gasteiger partial charge in [-0.2, -0.15) is 4.98 Å². The van der Waals surface area contributed by atoms with Gasteiger partial charge in [0.2, 0.25) is 5.95 Å². The van der Waals surface area contributed by atoms with Crippen LogP contribution in [-0.2, 0) is 13.0 Å². The summed E-state index contributed by atoms with van der Waals surface area (Å²) in [5.41, 5.74) is 4.70. The first-order valence-electron chi connectivity index (χ1n) is 8.80. The van der Waals surface area contributed by atoms with Gasteiger partial charge in [-0.05, 0) is 48.7 Å². The SMILES string of the molecule is COc1ccc(Nc2cc(C)nc(N3CCc4ccccc4C3)n2)cc1. The maximum Gasteiger partial charge on any atom is 0.227 e. The smallest absolute Gasteiger partial charge is 0.227 e. The van der Waals surface area contributed by atoms with Crippen molar-refractivity contribution in [3.05, 3.63) is 71.4 Å². The van der Waals surface area contributed by atoms with E-state index in [1.165, 1.54) is 11.1 Å². The first-order valence-corrected chi connectivity index (χ1v) is 8.80. The number of fused-ring (bicyclic) bond motifs is 1. The van der Waals surface area contributed by atoms with Crippen LogP contribution >= 0.6 is 0 Å². The Hall–Kier alpha value is -3.08. The third-order valence-corrected chi connectivity index (χ3v) is 4.62. The molecule has 0 saturated carbocycles. The van der Waals surface area contributed by atoms with Crippen molar-refractivity contribution in [2.24, 2.45) is 0 Å². The minimum Gasteiger partial charge on any atom is -0.497 e. The number of benzene rings is 2. The molecule has 0 fully saturated rings. The Morgan fingerprint density at radius 2 is 1.77 bits per heavy atom. The molecule has 5 nitrogen and oxygen atoms in total. The normalized spacial score (nSPS) is 13.2. The molecule has 4 rings (SSSR count). The molecule has 1 aliphatic heterocycles. The summed E-state index contributed by atoms with van der Waals surface area (Å²) in [6, 6.07) is 18.4. The van der Waals surface area contributed by atoms with E-state index in [-0.39, 0.29) is 0 Å². The zero-order chi connectivity index (χ0) is 17.9. The molecule has 0 spiro atoms. The number of hydrogen-bond acceptors (Lipinski definition) is 5. The minimum absolute atomic E-state index is 0.774. The molecule has 1 aliphatic rings. The Morgan fingerprint density at radius 1 is 1.00 bits per heavy atom. The fourth-order valence-electron chi connectivity index (χ4n) is 3.25. The van der Waals surface area contributed by atoms with E-state index in [1.54, 1.807) is 7.11 Å². The van der Waals surface area contributed by atoms with Crippen LogP contribution in [0.25, 0.3) is 0 Å². The lowest BCUT2D eigenvalue weighted by atomic mass is 10.0. The van der Waals surface area contributed by atoms with Gasteiger partial charge in [-0.3, -0.25) is 0 Å². The molecule has 2 heterocycles. The van der Waals surface area contributed by atoms with Crippen molar-refractivity contribution in [3.63, 3.8) is 0 Å². The molecule has 0 radical (unpaired) electrons. The van der Waals surface area contributed by atoms with Gasteiger partial charge in [0.15, 0.2) is 0 Å². The number of methoxy groups -OCH3 is 1. The summed E-state index contributed by atoms with van der Waals surface area (Å²) in [5, 5.41) is 3.36. The van der Waals surface area contributed by atoms with Crippen LogP contribution in [0.15, 0.2) is 54.6 Å². The molecule has 0 unspecified atom stereocenters. The van der Waals surface area contributed by atoms with Crippen molar-refractivity contribution in [3.8, 4) is 5.75 Å². The van der Waals surface area contributed by atoms with Crippen molar-refractivity contribution in [2.75, 3.05) is 23.9 Å². The number of nitrogens with zero attached hydrogens (tertiary/aromatic N) is 3. The average molecular weight is 346 g/mol. The van der Waals surface area contributed by atoms with Crippen LogP contribution in [0.2, 0.25) is 0 Å². The molecule has 5 heteroatoms. The predicted octanol–water partition coefficient (Wildman–Crippen LogP) is 4.10. The molecule has 26 heavy (non-hydrogen) atoms. The van der Waals surface area contributed by atoms with E-state index in [0.29, 0.717) is 0 Å². The molecule has 1 N–H and O–H groups in total. The highest BCUT2D eigenvalue weighted by atomic mass is 16.5. The Balaban J connectivity index is 1.56. The second-order valence-electron chi connectivity index (χ2n) is 6.49. The number of anilines is 3. The third kappa shape index (κ3) is 3.47. The third-order valence-electron chi connectivity index (χ3n) is 4.62. The van der Waals surface area contributed by atoms with Crippen LogP contribution in [-0.4, -0.2) is 23.6 Å². The van der Waals surface area contributed by atoms with E-state index in [2.05, 4.69) is 39.5 Å². The van der Waals surface area contributed by atoms with E-state index in [4.69, 9.17) is 9.72 Å². The first-order chi connectivity index (χ1) is 12.7. The summed E-state index contributed by atoms with van der Waals surface area (Å²) in [7, 11) is 1.67. The average Bonchev–Trinajstić information content (AvgIpc) is 2.68. The molecule has 3 aromatic rings. The summed E-state index contributed by atoms with van der Waals surface area (Å²) in [6.45, 7) is 3.78. The van der Waals surface area contributed by atoms with Gasteiger partial charge in [0.05, 0.1) is 7.11 Å². The van der Waals surface area contributed by atoms with E-state index >= 15 is 0 Å². The van der Waals surface area contributed by atoms with Gasteiger partial charge in [-0.1, -0.05) is 24.3 Å². The van der Waals surface area contributed by atoms with Crippen molar-refractivity contribution in [1.82, 2.24) is 9.97 Å². The predicted molar refractivity (Wildman–Crippen MR) is 104 cm³/mol. The molecule has 1 aromatic heterocycles. The highest BCUT2D eigenvalue weighted by Gasteiger charge is 2.18. The zero-order valence-corrected chi connectivity index (χ0v) is 15.1. The highest BCUT2D eigenvalue weighted by Crippen LogP contribution is 2.25. The molecule has 0 bridgehead atoms. The lowest BCUT2D eigenvalue weighted by Gasteiger charge is -2.29. The van der Waals surface area contributed by atoms with Crippen molar-refractivity contribution in [1.29, 1.82) is 0 Å². The maximum atomic E-state index is 5.21. The number of ether oxygens (including phenoxy) is 1. The molecule has 0 saturated heterocycles. The van der Waals surface area contributed by atoms with Crippen molar-refractivity contribution < 1.29 is 4.74 Å². The molecule has 132 valence electrons. The fourth-order valence-corrected chi connectivity index (χ4v) is 3.25. The summed E-state index contributed by atoms with van der Waals surface area (Å²) < 4.78 is 5.21. The van der Waals surface area contributed by atoms with Gasteiger partial charge in [-0.15, -0.1) is 0 Å². The zero-order valence-electron chi connectivity index (χ0n) is 15.1. The maximum absolute atomic E-state index is 5.21. The van der Waals surface area contributed by atoms with Gasteiger partial charge in [0.25, 0.3) is 0 Å². The largest absolute Gasteiger partial charge is 0.497 e. The Bertz CT molecular complexity index is 908. The molecular weight excluding hydrogens is 324 g/mol. The number of aromatic nitrogens is 2. The summed E-state index contributed by atoms with van der Waals surface area (Å²) >= 11 is 0. The lowest BCUT2D eigenvalue weighted by molar-refractivity contribution is 0.415. The van der Waals surface area contributed by atoms with E-state index in [1.807, 2.05) is 37.3 Å². The summed E-state index contributed by atoms with van der Waals surface area (Å²) in [6.07, 6.45) is 1.02. The molecule has 2 aromatic carbocycles. The van der Waals surface area contributed by atoms with Gasteiger partial charge in [0, 0.05) is 30.5 Å². The molecule has 0 aliphatic carbocycles. The minimum atomic E-state index is 0.774. The standard InChI is InChI=1S/C21H22N4O/c1-15-13-20(23-18-7-9-19(26-2)10-8-18)24-21(22-15)25-12-11-16-5-3-4-6-17(16)14-25/h3-10,13H,11-12,14H2,1-2H3,(H,22,23,24). The van der Waals surface area contributed by atoms with Crippen molar-refractivity contribution in [2.45, 2.75) is 19.9 Å². The highest BCUT2D eigenvalue weighted by molar-refractivity contribution is 5.59. The molecule has 0 atom stereocenters. The van der Waals surface area contributed by atoms with Crippen LogP contribution in [0.5, 0.6) is 5.75 Å². The first kappa shape index (κ1) is 16.4. The summed E-state index contributed by atoms with van der Waals surface area (Å²) in [5.74, 6) is 2.41. The lowest BCUT2D eigenvalue weighted by Crippen LogP contribution is -2.32.